The molecule has 1 aromatic rings. The molecule has 1 aromatic carbocycles. The second-order valence-corrected chi connectivity index (χ2v) is 7.52. The van der Waals surface area contributed by atoms with Crippen LogP contribution < -0.4 is 4.90 Å². The molecule has 138 valence electrons. The van der Waals surface area contributed by atoms with Crippen LogP contribution in [0.1, 0.15) is 37.7 Å². The summed E-state index contributed by atoms with van der Waals surface area (Å²) in [6, 6.07) is 8.31. The average molecular weight is 346 g/mol. The van der Waals surface area contributed by atoms with Crippen molar-refractivity contribution in [1.82, 2.24) is 4.90 Å². The van der Waals surface area contributed by atoms with Crippen LogP contribution in [-0.2, 0) is 16.1 Å². The number of nitrogens with zero attached hydrogens (tertiary/aromatic N) is 2. The number of ether oxygens (including phenoxy) is 1. The molecule has 1 amide bonds. The fourth-order valence-electron chi connectivity index (χ4n) is 3.85. The Kier molecular flexibility index (Phi) is 5.97. The largest absolute Gasteiger partial charge is 0.392 e. The van der Waals surface area contributed by atoms with E-state index in [9.17, 15) is 9.90 Å². The van der Waals surface area contributed by atoms with E-state index in [1.807, 2.05) is 19.0 Å². The summed E-state index contributed by atoms with van der Waals surface area (Å²) < 4.78 is 5.75. The molecule has 1 N–H and O–H groups in total. The van der Waals surface area contributed by atoms with Crippen molar-refractivity contribution in [1.29, 1.82) is 0 Å². The van der Waals surface area contributed by atoms with E-state index in [0.717, 1.165) is 50.0 Å². The number of hydrogen-bond donors (Lipinski definition) is 1. The zero-order chi connectivity index (χ0) is 17.8. The van der Waals surface area contributed by atoms with Gasteiger partial charge in [-0.1, -0.05) is 12.1 Å². The monoisotopic (exact) mass is 346 g/mol. The number of benzene rings is 1. The highest BCUT2D eigenvalue weighted by Crippen LogP contribution is 2.28. The lowest BCUT2D eigenvalue weighted by Gasteiger charge is -2.29. The van der Waals surface area contributed by atoms with Crippen molar-refractivity contribution in [3.8, 4) is 0 Å². The Hall–Kier alpha value is -1.59. The predicted molar refractivity (Wildman–Crippen MR) is 98.5 cm³/mol. The molecule has 3 rings (SSSR count). The van der Waals surface area contributed by atoms with Crippen molar-refractivity contribution in [2.24, 2.45) is 5.92 Å². The molecule has 2 fully saturated rings. The lowest BCUT2D eigenvalue weighted by Crippen LogP contribution is -2.42. The molecule has 1 aliphatic carbocycles. The van der Waals surface area contributed by atoms with Crippen LogP contribution in [0.15, 0.2) is 24.3 Å². The predicted octanol–water partition coefficient (Wildman–Crippen LogP) is 2.42. The first-order chi connectivity index (χ1) is 12.0. The summed E-state index contributed by atoms with van der Waals surface area (Å²) in [7, 11) is 4.04. The fourth-order valence-corrected chi connectivity index (χ4v) is 3.85. The topological polar surface area (TPSA) is 53.0 Å². The molecule has 25 heavy (non-hydrogen) atoms. The van der Waals surface area contributed by atoms with Crippen molar-refractivity contribution in [3.05, 3.63) is 29.8 Å². The molecule has 0 radical (unpaired) electrons. The molecule has 1 aliphatic heterocycles. The minimum atomic E-state index is -0.490. The van der Waals surface area contributed by atoms with E-state index in [2.05, 4.69) is 29.2 Å². The summed E-state index contributed by atoms with van der Waals surface area (Å²) in [5, 5.41) is 10.1. The number of carbonyl (C=O) groups is 1. The summed E-state index contributed by atoms with van der Waals surface area (Å²) in [6.45, 7) is 1.99. The van der Waals surface area contributed by atoms with Gasteiger partial charge in [-0.25, -0.2) is 0 Å². The maximum atomic E-state index is 13.0. The van der Waals surface area contributed by atoms with Crippen LogP contribution in [0.25, 0.3) is 0 Å². The van der Waals surface area contributed by atoms with Crippen LogP contribution in [0.2, 0.25) is 0 Å². The molecule has 0 spiro atoms. The van der Waals surface area contributed by atoms with Gasteiger partial charge in [-0.15, -0.1) is 0 Å². The number of amides is 1. The van der Waals surface area contributed by atoms with E-state index < -0.39 is 6.10 Å². The van der Waals surface area contributed by atoms with Crippen molar-refractivity contribution < 1.29 is 14.6 Å². The number of carbonyl (C=O) groups excluding carboxylic acids is 1. The molecule has 1 heterocycles. The van der Waals surface area contributed by atoms with Crippen molar-refractivity contribution >= 4 is 11.6 Å². The van der Waals surface area contributed by atoms with Gasteiger partial charge in [-0.2, -0.15) is 0 Å². The molecule has 0 bridgehead atoms. The van der Waals surface area contributed by atoms with Crippen LogP contribution in [0.3, 0.4) is 0 Å². The van der Waals surface area contributed by atoms with Gasteiger partial charge in [-0.3, -0.25) is 4.79 Å². The van der Waals surface area contributed by atoms with E-state index in [1.54, 1.807) is 0 Å². The maximum absolute atomic E-state index is 13.0. The normalized spacial score (nSPS) is 26.0. The molecule has 1 saturated carbocycles. The Bertz CT molecular complexity index is 567. The number of aliphatic hydroxyl groups is 1. The van der Waals surface area contributed by atoms with Crippen LogP contribution in [-0.4, -0.2) is 55.4 Å². The Labute approximate surface area is 150 Å². The first-order valence-electron chi connectivity index (χ1n) is 9.39. The van der Waals surface area contributed by atoms with Gasteiger partial charge in [-0.05, 0) is 49.8 Å². The number of anilines is 1. The summed E-state index contributed by atoms with van der Waals surface area (Å²) in [4.78, 5) is 17.0. The third-order valence-corrected chi connectivity index (χ3v) is 5.38. The molecule has 5 nitrogen and oxygen atoms in total. The SMILES string of the molecule is CN(C)c1ccc(CN(CC2CCCO2)C(=O)C2CCCC2O)cc1. The first kappa shape index (κ1) is 18.2. The Morgan fingerprint density at radius 1 is 1.16 bits per heavy atom. The average Bonchev–Trinajstić information content (AvgIpc) is 3.25. The summed E-state index contributed by atoms with van der Waals surface area (Å²) in [6.07, 6.45) is 4.18. The highest BCUT2D eigenvalue weighted by molar-refractivity contribution is 5.79. The fraction of sp³-hybridized carbons (Fsp3) is 0.650. The van der Waals surface area contributed by atoms with Crippen molar-refractivity contribution in [2.75, 3.05) is 32.1 Å². The van der Waals surface area contributed by atoms with Gasteiger partial charge >= 0.3 is 0 Å². The molecule has 1 saturated heterocycles. The van der Waals surface area contributed by atoms with Gasteiger partial charge in [0.25, 0.3) is 0 Å². The Balaban J connectivity index is 1.71. The number of rotatable bonds is 6. The third-order valence-electron chi connectivity index (χ3n) is 5.38. The molecule has 3 unspecified atom stereocenters. The zero-order valence-corrected chi connectivity index (χ0v) is 15.4. The van der Waals surface area contributed by atoms with Crippen molar-refractivity contribution in [2.45, 2.75) is 50.9 Å². The molecule has 3 atom stereocenters. The van der Waals surface area contributed by atoms with Crippen LogP contribution in [0, 0.1) is 5.92 Å². The van der Waals surface area contributed by atoms with Gasteiger partial charge in [0, 0.05) is 39.5 Å². The Morgan fingerprint density at radius 2 is 1.92 bits per heavy atom. The highest BCUT2D eigenvalue weighted by atomic mass is 16.5. The van der Waals surface area contributed by atoms with Gasteiger partial charge < -0.3 is 19.6 Å². The maximum Gasteiger partial charge on any atom is 0.228 e. The lowest BCUT2D eigenvalue weighted by atomic mass is 10.0. The molecule has 2 aliphatic rings. The second kappa shape index (κ2) is 8.19. The second-order valence-electron chi connectivity index (χ2n) is 7.52. The van der Waals surface area contributed by atoms with E-state index in [-0.39, 0.29) is 17.9 Å². The van der Waals surface area contributed by atoms with E-state index in [4.69, 9.17) is 4.74 Å². The summed E-state index contributed by atoms with van der Waals surface area (Å²) in [5.41, 5.74) is 2.26. The standard InChI is InChI=1S/C20H30N2O3/c1-21(2)16-10-8-15(9-11-16)13-22(14-17-5-4-12-25-17)20(24)18-6-3-7-19(18)23/h8-11,17-19,23H,3-7,12-14H2,1-2H3. The summed E-state index contributed by atoms with van der Waals surface area (Å²) in [5.74, 6) is -0.167. The van der Waals surface area contributed by atoms with E-state index in [0.29, 0.717) is 13.1 Å². The molecule has 5 heteroatoms. The quantitative estimate of drug-likeness (QED) is 0.859. The van der Waals surface area contributed by atoms with Gasteiger partial charge in [0.2, 0.25) is 5.91 Å². The number of aliphatic hydroxyl groups excluding tert-OH is 1. The highest BCUT2D eigenvalue weighted by Gasteiger charge is 2.35. The van der Waals surface area contributed by atoms with Gasteiger partial charge in [0.15, 0.2) is 0 Å². The van der Waals surface area contributed by atoms with Gasteiger partial charge in [0.05, 0.1) is 18.1 Å². The van der Waals surface area contributed by atoms with E-state index in [1.165, 1.54) is 0 Å². The van der Waals surface area contributed by atoms with Crippen LogP contribution in [0.5, 0.6) is 0 Å². The first-order valence-corrected chi connectivity index (χ1v) is 9.39. The molecular formula is C20H30N2O3. The Morgan fingerprint density at radius 3 is 2.48 bits per heavy atom. The van der Waals surface area contributed by atoms with Gasteiger partial charge in [0.1, 0.15) is 0 Å². The summed E-state index contributed by atoms with van der Waals surface area (Å²) >= 11 is 0. The minimum Gasteiger partial charge on any atom is -0.392 e. The van der Waals surface area contributed by atoms with Crippen LogP contribution >= 0.6 is 0 Å². The molecular weight excluding hydrogens is 316 g/mol. The van der Waals surface area contributed by atoms with Crippen LogP contribution in [0.4, 0.5) is 5.69 Å². The minimum absolute atomic E-state index is 0.0807. The molecule has 0 aromatic heterocycles. The smallest absolute Gasteiger partial charge is 0.228 e. The lowest BCUT2D eigenvalue weighted by molar-refractivity contribution is -0.140. The van der Waals surface area contributed by atoms with Crippen molar-refractivity contribution in [3.63, 3.8) is 0 Å². The third kappa shape index (κ3) is 4.53. The number of hydrogen-bond acceptors (Lipinski definition) is 4. The zero-order valence-electron chi connectivity index (χ0n) is 15.4. The van der Waals surface area contributed by atoms with E-state index >= 15 is 0 Å².